The Kier molecular flexibility index (Phi) is 50.1. The van der Waals surface area contributed by atoms with Gasteiger partial charge < -0.3 is 24.2 Å². The highest BCUT2D eigenvalue weighted by molar-refractivity contribution is 7.47. The molecule has 0 aromatic carbocycles. The van der Waals surface area contributed by atoms with Crippen LogP contribution in [0, 0.1) is 0 Å². The topological polar surface area (TPSA) is 155 Å². The van der Waals surface area contributed by atoms with E-state index in [2.05, 4.69) is 124 Å². The number of ether oxygens (including phenoxy) is 3. The van der Waals surface area contributed by atoms with Crippen LogP contribution in [0.5, 0.6) is 0 Å². The predicted molar refractivity (Wildman–Crippen MR) is 297 cm³/mol. The van der Waals surface area contributed by atoms with Crippen LogP contribution in [0.2, 0.25) is 0 Å². The minimum Gasteiger partial charge on any atom is -0.461 e. The highest BCUT2D eigenvalue weighted by Crippen LogP contribution is 2.43. The summed E-state index contributed by atoms with van der Waals surface area (Å²) < 4.78 is 39.3. The third kappa shape index (κ3) is 50.8. The van der Waals surface area contributed by atoms with E-state index >= 15 is 0 Å². The van der Waals surface area contributed by atoms with Crippen molar-refractivity contribution in [3.63, 3.8) is 0 Å². The summed E-state index contributed by atoms with van der Waals surface area (Å²) in [4.78, 5) is 48.4. The standard InChI is InChI=1S/C60H97O11P/c1-4-7-10-13-16-19-22-24-26-27-28-29-31-33-36-39-42-45-48-51-60(64)71-57(53-67-58(62)49-46-43-40-37-35-32-30-25-23-20-17-14-11-8-5-2)55-69-72(65,66)68-54-56(52-61)70-59(63)50-47-44-41-38-34-21-18-15-12-9-6-3/h7-8,10-11,15-20,24-26,28-30,35,37,43,46,56-57,61H,4-6,9,12-14,21-23,27,31-34,36,38-42,44-45,47-55H2,1-3H3,(H,65,66)/b10-7-,11-8-,18-15-,19-16-,20-17-,26-24-,29-28-,30-25-,37-35-,46-43-. The van der Waals surface area contributed by atoms with Crippen LogP contribution >= 0.6 is 7.82 Å². The molecule has 0 fully saturated rings. The number of unbranched alkanes of at least 4 members (excludes halogenated alkanes) is 13. The third-order valence-corrected chi connectivity index (χ3v) is 11.8. The summed E-state index contributed by atoms with van der Waals surface area (Å²) in [6, 6.07) is 0. The second-order valence-electron chi connectivity index (χ2n) is 17.6. The average Bonchev–Trinajstić information content (AvgIpc) is 3.37. The molecular weight excluding hydrogens is 928 g/mol. The van der Waals surface area contributed by atoms with E-state index < -0.39 is 64.4 Å². The molecule has 72 heavy (non-hydrogen) atoms. The molecule has 0 aliphatic rings. The minimum absolute atomic E-state index is 0.0154. The van der Waals surface area contributed by atoms with Gasteiger partial charge in [0.2, 0.25) is 0 Å². The lowest BCUT2D eigenvalue weighted by Gasteiger charge is -2.21. The molecule has 3 atom stereocenters. The molecule has 2 N–H and O–H groups in total. The summed E-state index contributed by atoms with van der Waals surface area (Å²) in [6.45, 7) is 4.21. The first-order valence-corrected chi connectivity index (χ1v) is 28.9. The molecule has 11 nitrogen and oxygen atoms in total. The third-order valence-electron chi connectivity index (χ3n) is 10.9. The molecule has 0 aliphatic carbocycles. The van der Waals surface area contributed by atoms with Gasteiger partial charge in [-0.25, -0.2) is 4.57 Å². The lowest BCUT2D eigenvalue weighted by Crippen LogP contribution is -2.30. The van der Waals surface area contributed by atoms with Gasteiger partial charge in [-0.3, -0.25) is 23.4 Å². The van der Waals surface area contributed by atoms with Gasteiger partial charge in [0.1, 0.15) is 12.7 Å². The van der Waals surface area contributed by atoms with Gasteiger partial charge in [-0.05, 0) is 103 Å². The Morgan fingerprint density at radius 3 is 1.19 bits per heavy atom. The van der Waals surface area contributed by atoms with Crippen molar-refractivity contribution >= 4 is 25.7 Å². The number of carbonyl (C=O) groups is 3. The Balaban J connectivity index is 4.89. The molecular formula is C60H97O11P. The van der Waals surface area contributed by atoms with Crippen molar-refractivity contribution in [1.82, 2.24) is 0 Å². The quantitative estimate of drug-likeness (QED) is 0.0197. The lowest BCUT2D eigenvalue weighted by molar-refractivity contribution is -0.161. The molecule has 0 rings (SSSR count). The Bertz CT molecular complexity index is 1670. The normalized spacial score (nSPS) is 14.3. The van der Waals surface area contributed by atoms with Crippen LogP contribution in [0.1, 0.15) is 201 Å². The first kappa shape index (κ1) is 67.9. The lowest BCUT2D eigenvalue weighted by atomic mass is 10.1. The van der Waals surface area contributed by atoms with Crippen LogP contribution in [0.4, 0.5) is 0 Å². The van der Waals surface area contributed by atoms with Crippen LogP contribution in [0.3, 0.4) is 0 Å². The van der Waals surface area contributed by atoms with E-state index in [1.54, 1.807) is 6.08 Å². The van der Waals surface area contributed by atoms with Gasteiger partial charge in [-0.2, -0.15) is 0 Å². The average molecular weight is 1030 g/mol. The van der Waals surface area contributed by atoms with Gasteiger partial charge in [0.15, 0.2) is 6.10 Å². The fourth-order valence-electron chi connectivity index (χ4n) is 6.75. The summed E-state index contributed by atoms with van der Waals surface area (Å²) in [5.41, 5.74) is 0. The summed E-state index contributed by atoms with van der Waals surface area (Å²) in [7, 11) is -4.78. The van der Waals surface area contributed by atoms with E-state index in [1.807, 2.05) is 12.2 Å². The fourth-order valence-corrected chi connectivity index (χ4v) is 7.54. The molecule has 0 aromatic rings. The van der Waals surface area contributed by atoms with Crippen molar-refractivity contribution in [2.24, 2.45) is 0 Å². The molecule has 3 unspecified atom stereocenters. The predicted octanol–water partition coefficient (Wildman–Crippen LogP) is 16.0. The summed E-state index contributed by atoms with van der Waals surface area (Å²) >= 11 is 0. The zero-order chi connectivity index (χ0) is 52.7. The molecule has 12 heteroatoms. The van der Waals surface area contributed by atoms with Gasteiger partial charge >= 0.3 is 25.7 Å². The summed E-state index contributed by atoms with van der Waals surface area (Å²) in [6.07, 6.45) is 64.8. The Morgan fingerprint density at radius 2 is 0.764 bits per heavy atom. The molecule has 0 heterocycles. The van der Waals surface area contributed by atoms with Crippen molar-refractivity contribution in [2.45, 2.75) is 213 Å². The first-order valence-electron chi connectivity index (χ1n) is 27.4. The molecule has 0 saturated heterocycles. The zero-order valence-corrected chi connectivity index (χ0v) is 45.7. The van der Waals surface area contributed by atoms with Crippen molar-refractivity contribution in [3.05, 3.63) is 122 Å². The number of esters is 3. The Labute approximate surface area is 437 Å². The van der Waals surface area contributed by atoms with Gasteiger partial charge in [-0.15, -0.1) is 0 Å². The van der Waals surface area contributed by atoms with E-state index in [-0.39, 0.29) is 19.3 Å². The van der Waals surface area contributed by atoms with Crippen molar-refractivity contribution in [3.8, 4) is 0 Å². The molecule has 0 aromatic heterocycles. The number of hydrogen-bond donors (Lipinski definition) is 2. The Hall–Kier alpha value is -4.12. The highest BCUT2D eigenvalue weighted by Gasteiger charge is 2.28. The molecule has 0 bridgehead atoms. The Morgan fingerprint density at radius 1 is 0.417 bits per heavy atom. The van der Waals surface area contributed by atoms with E-state index in [0.29, 0.717) is 19.3 Å². The minimum atomic E-state index is -4.78. The zero-order valence-electron chi connectivity index (χ0n) is 44.8. The van der Waals surface area contributed by atoms with E-state index in [4.69, 9.17) is 23.3 Å². The number of phosphoric acid groups is 1. The van der Waals surface area contributed by atoms with Gasteiger partial charge in [-0.1, -0.05) is 200 Å². The van der Waals surface area contributed by atoms with Crippen LogP contribution < -0.4 is 0 Å². The van der Waals surface area contributed by atoms with Crippen molar-refractivity contribution < 1.29 is 52.2 Å². The van der Waals surface area contributed by atoms with E-state index in [1.165, 1.54) is 12.8 Å². The first-order chi connectivity index (χ1) is 35.2. The van der Waals surface area contributed by atoms with E-state index in [0.717, 1.165) is 128 Å². The van der Waals surface area contributed by atoms with Gasteiger partial charge in [0, 0.05) is 12.8 Å². The maximum absolute atomic E-state index is 12.9. The molecule has 0 amide bonds. The smallest absolute Gasteiger partial charge is 0.461 e. The molecule has 0 aliphatic heterocycles. The number of rotatable bonds is 49. The molecule has 0 radical (unpaired) electrons. The van der Waals surface area contributed by atoms with Crippen LogP contribution in [-0.2, 0) is 42.2 Å². The summed E-state index contributed by atoms with van der Waals surface area (Å²) in [5.74, 6) is -1.66. The van der Waals surface area contributed by atoms with Crippen LogP contribution in [0.15, 0.2) is 122 Å². The maximum Gasteiger partial charge on any atom is 0.472 e. The second kappa shape index (κ2) is 53.2. The van der Waals surface area contributed by atoms with Crippen LogP contribution in [-0.4, -0.2) is 66.5 Å². The van der Waals surface area contributed by atoms with Crippen LogP contribution in [0.25, 0.3) is 0 Å². The van der Waals surface area contributed by atoms with E-state index in [9.17, 15) is 28.9 Å². The second-order valence-corrected chi connectivity index (χ2v) is 19.1. The van der Waals surface area contributed by atoms with Crippen molar-refractivity contribution in [2.75, 3.05) is 26.4 Å². The van der Waals surface area contributed by atoms with Gasteiger partial charge in [0.25, 0.3) is 0 Å². The fraction of sp³-hybridized carbons (Fsp3) is 0.617. The summed E-state index contributed by atoms with van der Waals surface area (Å²) in [5, 5.41) is 9.78. The highest BCUT2D eigenvalue weighted by atomic mass is 31.2. The number of carbonyl (C=O) groups excluding carboxylic acids is 3. The number of allylic oxidation sites excluding steroid dienone is 19. The number of hydrogen-bond acceptors (Lipinski definition) is 10. The van der Waals surface area contributed by atoms with Crippen molar-refractivity contribution in [1.29, 1.82) is 0 Å². The van der Waals surface area contributed by atoms with Gasteiger partial charge in [0.05, 0.1) is 26.2 Å². The molecule has 408 valence electrons. The number of phosphoric ester groups is 1. The molecule has 0 spiro atoms. The molecule has 0 saturated carbocycles. The maximum atomic E-state index is 12.9. The number of aliphatic hydroxyl groups excluding tert-OH is 1. The monoisotopic (exact) mass is 1020 g/mol. The largest absolute Gasteiger partial charge is 0.472 e. The SMILES string of the molecule is CC/C=C\C/C=C\C/C=C\C/C=C\C/C=C\CC(=O)OCC(COP(=O)(O)OCC(CO)OC(=O)CCCCCCC/C=C\CCCC)OC(=O)CCCCCCCC/C=C\C/C=C\C/C=C\C/C=C\CC. The number of aliphatic hydroxyl groups is 1.